The number of esters is 1. The SMILES string of the molecule is COC(=O)c1ccc(N)n(-c2ccc(C)cc2)c1=O. The van der Waals surface area contributed by atoms with Crippen molar-refractivity contribution >= 4 is 11.8 Å². The van der Waals surface area contributed by atoms with E-state index in [2.05, 4.69) is 4.74 Å². The molecule has 0 saturated carbocycles. The van der Waals surface area contributed by atoms with Crippen LogP contribution in [0.25, 0.3) is 5.69 Å². The Hall–Kier alpha value is -2.56. The molecule has 1 heterocycles. The number of aryl methyl sites for hydroxylation is 1. The summed E-state index contributed by atoms with van der Waals surface area (Å²) in [6.07, 6.45) is 0. The number of nitrogen functional groups attached to an aromatic ring is 1. The lowest BCUT2D eigenvalue weighted by molar-refractivity contribution is 0.0598. The predicted molar refractivity (Wildman–Crippen MR) is 72.5 cm³/mol. The lowest BCUT2D eigenvalue weighted by atomic mass is 10.2. The van der Waals surface area contributed by atoms with Gasteiger partial charge in [0.15, 0.2) is 0 Å². The van der Waals surface area contributed by atoms with E-state index in [1.165, 1.54) is 23.8 Å². The normalized spacial score (nSPS) is 10.2. The third kappa shape index (κ3) is 2.35. The Kier molecular flexibility index (Phi) is 3.37. The molecular weight excluding hydrogens is 244 g/mol. The highest BCUT2D eigenvalue weighted by molar-refractivity contribution is 5.89. The van der Waals surface area contributed by atoms with Crippen molar-refractivity contribution in [2.24, 2.45) is 0 Å². The molecule has 1 aromatic carbocycles. The Morgan fingerprint density at radius 3 is 2.37 bits per heavy atom. The summed E-state index contributed by atoms with van der Waals surface area (Å²) in [6, 6.07) is 10.2. The van der Waals surface area contributed by atoms with Crippen LogP contribution in [0, 0.1) is 6.92 Å². The lowest BCUT2D eigenvalue weighted by Gasteiger charge is -2.11. The van der Waals surface area contributed by atoms with Gasteiger partial charge in [-0.05, 0) is 31.2 Å². The third-order valence-corrected chi connectivity index (χ3v) is 2.81. The zero-order valence-electron chi connectivity index (χ0n) is 10.7. The summed E-state index contributed by atoms with van der Waals surface area (Å²) in [6.45, 7) is 1.95. The molecule has 0 atom stereocenters. The molecule has 0 unspecified atom stereocenters. The van der Waals surface area contributed by atoms with Crippen LogP contribution < -0.4 is 11.3 Å². The van der Waals surface area contributed by atoms with E-state index < -0.39 is 11.5 Å². The minimum atomic E-state index is -0.675. The fourth-order valence-corrected chi connectivity index (χ4v) is 1.78. The molecule has 0 aliphatic rings. The molecule has 2 rings (SSSR count). The van der Waals surface area contributed by atoms with Gasteiger partial charge in [0.25, 0.3) is 5.56 Å². The Morgan fingerprint density at radius 2 is 1.79 bits per heavy atom. The van der Waals surface area contributed by atoms with Crippen LogP contribution in [-0.2, 0) is 4.74 Å². The van der Waals surface area contributed by atoms with Crippen LogP contribution in [0.15, 0.2) is 41.2 Å². The van der Waals surface area contributed by atoms with Gasteiger partial charge in [-0.2, -0.15) is 0 Å². The number of rotatable bonds is 2. The number of aromatic nitrogens is 1. The lowest BCUT2D eigenvalue weighted by Crippen LogP contribution is -2.27. The first-order valence-corrected chi connectivity index (χ1v) is 5.71. The van der Waals surface area contributed by atoms with Crippen molar-refractivity contribution in [3.05, 3.63) is 57.9 Å². The Bertz CT molecular complexity index is 672. The van der Waals surface area contributed by atoms with Crippen LogP contribution in [-0.4, -0.2) is 17.6 Å². The number of nitrogens with zero attached hydrogens (tertiary/aromatic N) is 1. The number of carbonyl (C=O) groups is 1. The minimum absolute atomic E-state index is 0.0442. The highest BCUT2D eigenvalue weighted by Gasteiger charge is 2.15. The maximum Gasteiger partial charge on any atom is 0.343 e. The minimum Gasteiger partial charge on any atom is -0.465 e. The van der Waals surface area contributed by atoms with E-state index in [0.717, 1.165) is 5.56 Å². The summed E-state index contributed by atoms with van der Waals surface area (Å²) >= 11 is 0. The molecule has 5 nitrogen and oxygen atoms in total. The summed E-state index contributed by atoms with van der Waals surface area (Å²) in [5, 5.41) is 0. The molecule has 0 radical (unpaired) electrons. The monoisotopic (exact) mass is 258 g/mol. The number of anilines is 1. The van der Waals surface area contributed by atoms with E-state index in [1.54, 1.807) is 12.1 Å². The van der Waals surface area contributed by atoms with Gasteiger partial charge in [-0.1, -0.05) is 17.7 Å². The smallest absolute Gasteiger partial charge is 0.343 e. The number of nitrogens with two attached hydrogens (primary N) is 1. The second kappa shape index (κ2) is 4.97. The molecule has 0 aliphatic heterocycles. The molecule has 2 N–H and O–H groups in total. The van der Waals surface area contributed by atoms with Gasteiger partial charge in [-0.3, -0.25) is 9.36 Å². The molecule has 19 heavy (non-hydrogen) atoms. The summed E-state index contributed by atoms with van der Waals surface area (Å²) in [5.74, 6) is -0.410. The first-order chi connectivity index (χ1) is 9.04. The Morgan fingerprint density at radius 1 is 1.16 bits per heavy atom. The average Bonchev–Trinajstić information content (AvgIpc) is 2.40. The van der Waals surface area contributed by atoms with E-state index in [9.17, 15) is 9.59 Å². The molecule has 0 spiro atoms. The first kappa shape index (κ1) is 12.9. The van der Waals surface area contributed by atoms with Gasteiger partial charge >= 0.3 is 5.97 Å². The van der Waals surface area contributed by atoms with E-state index in [0.29, 0.717) is 5.69 Å². The zero-order chi connectivity index (χ0) is 14.0. The van der Waals surface area contributed by atoms with Crippen molar-refractivity contribution in [2.75, 3.05) is 12.8 Å². The molecule has 0 amide bonds. The van der Waals surface area contributed by atoms with Gasteiger partial charge < -0.3 is 10.5 Å². The number of hydrogen-bond acceptors (Lipinski definition) is 4. The van der Waals surface area contributed by atoms with Crippen LogP contribution in [0.3, 0.4) is 0 Å². The largest absolute Gasteiger partial charge is 0.465 e. The summed E-state index contributed by atoms with van der Waals surface area (Å²) in [7, 11) is 1.23. The van der Waals surface area contributed by atoms with Crippen LogP contribution in [0.4, 0.5) is 5.82 Å². The van der Waals surface area contributed by atoms with Gasteiger partial charge in [0.05, 0.1) is 12.8 Å². The number of methoxy groups -OCH3 is 1. The molecule has 2 aromatic rings. The maximum atomic E-state index is 12.3. The van der Waals surface area contributed by atoms with Crippen molar-refractivity contribution < 1.29 is 9.53 Å². The fourth-order valence-electron chi connectivity index (χ4n) is 1.78. The third-order valence-electron chi connectivity index (χ3n) is 2.81. The van der Waals surface area contributed by atoms with Crippen LogP contribution in [0.2, 0.25) is 0 Å². The van der Waals surface area contributed by atoms with Gasteiger partial charge in [0, 0.05) is 0 Å². The highest BCUT2D eigenvalue weighted by Crippen LogP contribution is 2.12. The van der Waals surface area contributed by atoms with Gasteiger partial charge in [-0.25, -0.2) is 4.79 Å². The van der Waals surface area contributed by atoms with Crippen LogP contribution in [0.1, 0.15) is 15.9 Å². The highest BCUT2D eigenvalue weighted by atomic mass is 16.5. The van der Waals surface area contributed by atoms with E-state index in [1.807, 2.05) is 19.1 Å². The summed E-state index contributed by atoms with van der Waals surface area (Å²) in [4.78, 5) is 23.8. The van der Waals surface area contributed by atoms with Crippen molar-refractivity contribution in [3.8, 4) is 5.69 Å². The van der Waals surface area contributed by atoms with E-state index in [-0.39, 0.29) is 11.4 Å². The Balaban J connectivity index is 2.66. The molecule has 0 saturated heterocycles. The standard InChI is InChI=1S/C14H14N2O3/c1-9-3-5-10(6-4-9)16-12(15)8-7-11(13(16)17)14(18)19-2/h3-8H,15H2,1-2H3. The molecule has 0 bridgehead atoms. The topological polar surface area (TPSA) is 74.3 Å². The molecule has 0 fully saturated rings. The average molecular weight is 258 g/mol. The summed E-state index contributed by atoms with van der Waals surface area (Å²) in [5.41, 5.74) is 6.96. The summed E-state index contributed by atoms with van der Waals surface area (Å²) < 4.78 is 5.86. The van der Waals surface area contributed by atoms with Crippen molar-refractivity contribution in [1.29, 1.82) is 0 Å². The second-order valence-corrected chi connectivity index (χ2v) is 4.14. The molecule has 1 aromatic heterocycles. The molecular formula is C14H14N2O3. The van der Waals surface area contributed by atoms with Crippen molar-refractivity contribution in [2.45, 2.75) is 6.92 Å². The number of carbonyl (C=O) groups excluding carboxylic acids is 1. The molecule has 0 aliphatic carbocycles. The zero-order valence-corrected chi connectivity index (χ0v) is 10.7. The van der Waals surface area contributed by atoms with Gasteiger partial charge in [-0.15, -0.1) is 0 Å². The van der Waals surface area contributed by atoms with Crippen LogP contribution in [0.5, 0.6) is 0 Å². The second-order valence-electron chi connectivity index (χ2n) is 4.14. The van der Waals surface area contributed by atoms with E-state index >= 15 is 0 Å². The number of ether oxygens (including phenoxy) is 1. The number of benzene rings is 1. The van der Waals surface area contributed by atoms with Crippen molar-refractivity contribution in [1.82, 2.24) is 4.57 Å². The number of pyridine rings is 1. The van der Waals surface area contributed by atoms with Gasteiger partial charge in [0.1, 0.15) is 11.4 Å². The maximum absolute atomic E-state index is 12.3. The fraction of sp³-hybridized carbons (Fsp3) is 0.143. The quantitative estimate of drug-likeness (QED) is 0.829. The molecule has 5 heteroatoms. The predicted octanol–water partition coefficient (Wildman–Crippen LogP) is 1.51. The Labute approximate surface area is 110 Å². The van der Waals surface area contributed by atoms with E-state index in [4.69, 9.17) is 5.73 Å². The van der Waals surface area contributed by atoms with Crippen molar-refractivity contribution in [3.63, 3.8) is 0 Å². The first-order valence-electron chi connectivity index (χ1n) is 5.71. The van der Waals surface area contributed by atoms with Crippen LogP contribution >= 0.6 is 0 Å². The number of hydrogen-bond donors (Lipinski definition) is 1. The van der Waals surface area contributed by atoms with Gasteiger partial charge in [0.2, 0.25) is 0 Å². The molecule has 98 valence electrons.